The van der Waals surface area contributed by atoms with Gasteiger partial charge in [-0.25, -0.2) is 15.0 Å². The molecule has 9 aromatic carbocycles. The molecule has 3 heterocycles. The number of thioether (sulfide) groups is 2. The number of fused-ring (bicyclic) bond motifs is 3. The number of carboxylic acids is 2. The summed E-state index contributed by atoms with van der Waals surface area (Å²) >= 11 is 31.2. The van der Waals surface area contributed by atoms with E-state index in [4.69, 9.17) is 54.1 Å². The van der Waals surface area contributed by atoms with Crippen molar-refractivity contribution in [3.63, 3.8) is 0 Å². The second-order valence-corrected chi connectivity index (χ2v) is 53.0. The van der Waals surface area contributed by atoms with E-state index < -0.39 is 45.0 Å². The number of hydrogen-bond donors (Lipinski definition) is 5. The molecule has 3 aliphatic carbocycles. The Morgan fingerprint density at radius 2 is 0.811 bits per heavy atom. The van der Waals surface area contributed by atoms with Crippen molar-refractivity contribution in [3.8, 4) is 0 Å². The number of thiol groups is 1. The summed E-state index contributed by atoms with van der Waals surface area (Å²) < 4.78 is 29.7. The molecule has 0 aliphatic heterocycles. The first-order valence-electron chi connectivity index (χ1n) is 43.4. The monoisotopic (exact) mass is 2190 g/mol. The molecule has 12 aromatic rings. The van der Waals surface area contributed by atoms with Crippen LogP contribution in [0.25, 0.3) is 69.2 Å². The van der Waals surface area contributed by atoms with Gasteiger partial charge in [-0.1, -0.05) is 236 Å². The van der Waals surface area contributed by atoms with Gasteiger partial charge in [0.15, 0.2) is 0 Å². The summed E-state index contributed by atoms with van der Waals surface area (Å²) in [6.45, 7) is 13.2. The molecule has 0 radical (unpaired) electrons. The molecule has 0 unspecified atom stereocenters. The SMILES string of the molecule is CC(C)(O)c1ccccc1CC[C@@H](OS(C)(=O)=O)c1cccc(/C=C/c2ccc3ccc(Cl)cc3n2)c1.CC(C)(O)c1ccccc1CC[C@@H](SCC1(CC(=O)[O-])CC1)c1cccc(/C=C/c2ccc3ccc(Cl)cc3n2)c1.CCC1(CS[C@H](CCc2ccccc2C(C)(C)O)c2cccc(/C=C/c3ccc4ccc(Cl)cc4n3)c2)CC1.O=C(O)CC1(CS)CC1.[I][V][I].[Na+].[Na+].[OH-]. The number of pyridine rings is 3. The van der Waals surface area contributed by atoms with E-state index in [2.05, 4.69) is 179 Å². The van der Waals surface area contributed by atoms with Crippen LogP contribution in [0.3, 0.4) is 0 Å². The number of aliphatic carboxylic acids is 2. The van der Waals surface area contributed by atoms with E-state index in [0.717, 1.165) is 163 Å². The summed E-state index contributed by atoms with van der Waals surface area (Å²) in [4.78, 5) is 35.7. The summed E-state index contributed by atoms with van der Waals surface area (Å²) in [7, 11) is -3.07. The molecule has 5 N–H and O–H groups in total. The van der Waals surface area contributed by atoms with Gasteiger partial charge in [0.25, 0.3) is 10.1 Å². The molecule has 3 saturated carbocycles. The van der Waals surface area contributed by atoms with Gasteiger partial charge in [0.1, 0.15) is 6.10 Å². The summed E-state index contributed by atoms with van der Waals surface area (Å²) in [6, 6.07) is 78.4. The number of nitrogens with zero attached hydrogens (tertiary/aromatic N) is 3. The van der Waals surface area contributed by atoms with E-state index in [1.165, 1.54) is 47.3 Å². The standard InChI is InChI=1S/C35H36ClNO3S.C35H38ClNOS.C30H30ClNO4S.C6H10O2S.2HI.2Na.H2O.V/c1-34(2,40)30-9-4-3-7-25(30)13-17-32(41-23-35(18-19-35)22-33(38)39)27-8-5-6-24(20-27)10-15-29-16-12-26-11-14-28(36)21-31(26)37-29;1-4-35(20-21-35)24-39-33(19-15-26-9-5-6-11-31(26)34(2,3)38)28-10-7-8-25(22-28)12-17-30-18-14-27-13-16-29(36)23-32(27)37-30;1-30(2,33)27-10-5-4-8-22(27)14-18-29(36-37(3,34)35)24-9-6-7-21(19-24)11-16-26-17-13-23-12-15-25(31)20-28(23)32-26;7-5(8)3-6(4-9)1-2-6;;;;;;/h3-12,14-16,20-21,32,40H,13,17-19,22-23H2,1-2H3,(H,38,39);5-14,16-18,22-23,33,38H,4,15,19-21,24H2,1-3H3;4-13,15-17,19-20,29,33H,14,18H2,1-3H3;9H,1-4H2,(H,7,8);2*1H;;;1H2;/q;;;;;;2*+1;;+2/p-4/b15-10+;17-12+;16-11+;;;;;;;/t32-;33-;29-;;;;;;;/m111......./s1. The maximum absolute atomic E-state index is 12.1. The van der Waals surface area contributed by atoms with Gasteiger partial charge in [0.2, 0.25) is 0 Å². The van der Waals surface area contributed by atoms with Gasteiger partial charge in [0, 0.05) is 47.7 Å². The van der Waals surface area contributed by atoms with Crippen LogP contribution in [0, 0.1) is 16.2 Å². The van der Waals surface area contributed by atoms with Crippen LogP contribution >= 0.6 is 111 Å². The first kappa shape index (κ1) is 112. The molecule has 132 heavy (non-hydrogen) atoms. The quantitative estimate of drug-likeness (QED) is 0.0107. The third-order valence-electron chi connectivity index (χ3n) is 23.7. The van der Waals surface area contributed by atoms with Crippen molar-refractivity contribution in [1.29, 1.82) is 0 Å². The zero-order chi connectivity index (χ0) is 92.7. The van der Waals surface area contributed by atoms with Gasteiger partial charge in [-0.3, -0.25) is 8.98 Å². The van der Waals surface area contributed by atoms with Crippen LogP contribution in [-0.2, 0) is 69.4 Å². The Balaban J connectivity index is 0.000000227. The Morgan fingerprint density at radius 1 is 0.485 bits per heavy atom. The van der Waals surface area contributed by atoms with Gasteiger partial charge >= 0.3 is 115 Å². The number of carbonyl (C=O) groups excluding carboxylic acids is 1. The fourth-order valence-electron chi connectivity index (χ4n) is 15.8. The Bertz CT molecular complexity index is 6070. The van der Waals surface area contributed by atoms with E-state index >= 15 is 0 Å². The first-order valence-corrected chi connectivity index (χ1v) is 58.1. The molecule has 3 atom stereocenters. The van der Waals surface area contributed by atoms with Crippen LogP contribution in [0.2, 0.25) is 15.1 Å². The van der Waals surface area contributed by atoms with Gasteiger partial charge < -0.3 is 35.8 Å². The summed E-state index contributed by atoms with van der Waals surface area (Å²) in [6.07, 6.45) is 25.6. The van der Waals surface area contributed by atoms with E-state index in [1.54, 1.807) is 13.8 Å². The van der Waals surface area contributed by atoms with E-state index in [0.29, 0.717) is 54.5 Å². The van der Waals surface area contributed by atoms with Crippen molar-refractivity contribution >= 4 is 202 Å². The zero-order valence-corrected chi connectivity index (χ0v) is 91.8. The van der Waals surface area contributed by atoms with Gasteiger partial charge in [-0.2, -0.15) is 44.6 Å². The molecule has 0 amide bonds. The number of aryl methyl sites for hydroxylation is 3. The average Bonchev–Trinajstić information content (AvgIpc) is 1.69. The molecule has 3 fully saturated rings. The van der Waals surface area contributed by atoms with Crippen molar-refractivity contribution in [2.45, 2.75) is 178 Å². The minimum absolute atomic E-state index is 0. The fraction of sp³-hybridized carbons (Fsp3) is 0.330. The maximum atomic E-state index is 12.1. The number of carboxylic acid groups (broad SMARTS) is 2. The molecule has 3 aromatic heterocycles. The summed E-state index contributed by atoms with van der Waals surface area (Å²) in [5.74, 6) is 1.07. The van der Waals surface area contributed by atoms with Crippen molar-refractivity contribution in [2.24, 2.45) is 16.2 Å². The van der Waals surface area contributed by atoms with Gasteiger partial charge in [-0.15, -0.1) is 0 Å². The third kappa shape index (κ3) is 35.8. The first-order chi connectivity index (χ1) is 61.4. The predicted molar refractivity (Wildman–Crippen MR) is 556 cm³/mol. The molecule has 15 rings (SSSR count). The molecular formula is C106H114Cl3I2N3Na2O11S4V. The molecule has 0 bridgehead atoms. The van der Waals surface area contributed by atoms with Crippen molar-refractivity contribution < 1.29 is 122 Å². The minimum atomic E-state index is -3.70. The van der Waals surface area contributed by atoms with Crippen LogP contribution in [0.4, 0.5) is 0 Å². The molecule has 0 spiro atoms. The van der Waals surface area contributed by atoms with Crippen LogP contribution < -0.4 is 64.2 Å². The number of aromatic nitrogens is 3. The number of hydrogen-bond acceptors (Lipinski definition) is 16. The molecule has 14 nitrogen and oxygen atoms in total. The summed E-state index contributed by atoms with van der Waals surface area (Å²) in [5.41, 5.74) is 15.5. The third-order valence-corrected chi connectivity index (χ3v) is 29.1. The molecule has 0 saturated heterocycles. The fourth-order valence-corrected chi connectivity index (χ4v) is 20.6. The summed E-state index contributed by atoms with van der Waals surface area (Å²) in [5, 5.41) is 57.5. The molecule has 685 valence electrons. The molecule has 3 aliphatic rings. The van der Waals surface area contributed by atoms with Crippen molar-refractivity contribution in [1.82, 2.24) is 15.0 Å². The minimum Gasteiger partial charge on any atom is -0.870 e. The van der Waals surface area contributed by atoms with Crippen molar-refractivity contribution in [2.75, 3.05) is 23.5 Å². The number of carbonyl (C=O) groups is 2. The topological polar surface area (TPSA) is 250 Å². The smallest absolute Gasteiger partial charge is 0.870 e. The molecule has 26 heteroatoms. The number of aliphatic hydroxyl groups is 3. The Kier molecular flexibility index (Phi) is 44.6. The predicted octanol–water partition coefficient (Wildman–Crippen LogP) is 21.2. The van der Waals surface area contributed by atoms with Crippen molar-refractivity contribution in [3.05, 3.63) is 335 Å². The van der Waals surface area contributed by atoms with Gasteiger partial charge in [-0.05, 0) is 311 Å². The van der Waals surface area contributed by atoms with E-state index in [1.807, 2.05) is 209 Å². The number of halogens is 5. The van der Waals surface area contributed by atoms with Gasteiger partial charge in [0.05, 0.1) is 63.1 Å². The van der Waals surface area contributed by atoms with Crippen LogP contribution in [-0.4, -0.2) is 84.7 Å². The largest absolute Gasteiger partial charge is 1.00 e. The number of rotatable bonds is 35. The Labute approximate surface area is 881 Å². The second-order valence-electron chi connectivity index (χ2n) is 35.6. The van der Waals surface area contributed by atoms with Crippen LogP contribution in [0.1, 0.15) is 226 Å². The Morgan fingerprint density at radius 3 is 1.12 bits per heavy atom. The normalized spacial score (nSPS) is 14.7. The average molecular weight is 2190 g/mol. The maximum Gasteiger partial charge on any atom is 1.00 e. The second kappa shape index (κ2) is 52.4. The number of benzene rings is 9. The van der Waals surface area contributed by atoms with Crippen LogP contribution in [0.5, 0.6) is 0 Å². The van der Waals surface area contributed by atoms with Crippen LogP contribution in [0.15, 0.2) is 237 Å². The van der Waals surface area contributed by atoms with E-state index in [-0.39, 0.29) is 87.1 Å². The van der Waals surface area contributed by atoms with E-state index in [9.17, 15) is 38.4 Å². The molecular weight excluding hydrogens is 2080 g/mol. The zero-order valence-electron chi connectivity index (χ0n) is 76.5. The Hall–Kier alpha value is -4.92.